The summed E-state index contributed by atoms with van der Waals surface area (Å²) in [5.41, 5.74) is 4.96. The van der Waals surface area contributed by atoms with Gasteiger partial charge < -0.3 is 5.11 Å². The number of rotatable bonds is 8. The third-order valence-corrected chi connectivity index (χ3v) is 5.45. The zero-order chi connectivity index (χ0) is 22.3. The first-order chi connectivity index (χ1) is 14.1. The average Bonchev–Trinajstić information content (AvgIpc) is 2.71. The first kappa shape index (κ1) is 23.3. The van der Waals surface area contributed by atoms with Crippen molar-refractivity contribution in [3.63, 3.8) is 0 Å². The van der Waals surface area contributed by atoms with Crippen LogP contribution in [0.4, 0.5) is 4.39 Å². The van der Waals surface area contributed by atoms with Crippen molar-refractivity contribution < 1.29 is 32.3 Å². The molecule has 0 saturated carbocycles. The molecule has 0 bridgehead atoms. The number of amides is 2. The molecule has 0 spiro atoms. The van der Waals surface area contributed by atoms with E-state index in [1.165, 1.54) is 24.3 Å². The molecule has 2 aromatic carbocycles. The Balaban J connectivity index is 1.90. The lowest BCUT2D eigenvalue weighted by atomic mass is 10.1. The van der Waals surface area contributed by atoms with E-state index in [2.05, 4.69) is 15.6 Å². The molecule has 0 radical (unpaired) electrons. The molecule has 0 aromatic heterocycles. The summed E-state index contributed by atoms with van der Waals surface area (Å²) in [6, 6.07) is 8.86. The Labute approximate surface area is 176 Å². The van der Waals surface area contributed by atoms with E-state index in [1.807, 2.05) is 0 Å². The SMILES string of the molecule is O=C(O)CCC(=O)NNC(=O)c1ccc(CNS(=O)(=O)c2ccc(F)c(Cl)c2)cc1. The Morgan fingerprint density at radius 2 is 1.67 bits per heavy atom. The van der Waals surface area contributed by atoms with Gasteiger partial charge in [0.05, 0.1) is 16.3 Å². The highest BCUT2D eigenvalue weighted by Gasteiger charge is 2.16. The molecule has 0 aliphatic heterocycles. The third kappa shape index (κ3) is 6.79. The minimum atomic E-state index is -3.92. The van der Waals surface area contributed by atoms with Gasteiger partial charge in [-0.25, -0.2) is 17.5 Å². The van der Waals surface area contributed by atoms with Crippen LogP contribution < -0.4 is 15.6 Å². The van der Waals surface area contributed by atoms with Crippen LogP contribution in [-0.2, 0) is 26.2 Å². The van der Waals surface area contributed by atoms with Crippen molar-refractivity contribution in [1.82, 2.24) is 15.6 Å². The second-order valence-corrected chi connectivity index (χ2v) is 8.17. The van der Waals surface area contributed by atoms with Crippen molar-refractivity contribution in [2.24, 2.45) is 0 Å². The molecule has 0 atom stereocenters. The summed E-state index contributed by atoms with van der Waals surface area (Å²) >= 11 is 5.60. The van der Waals surface area contributed by atoms with Gasteiger partial charge in [0.25, 0.3) is 5.91 Å². The van der Waals surface area contributed by atoms with E-state index in [-0.39, 0.29) is 34.9 Å². The van der Waals surface area contributed by atoms with Crippen LogP contribution in [-0.4, -0.2) is 31.3 Å². The van der Waals surface area contributed by atoms with E-state index in [0.29, 0.717) is 5.56 Å². The Kier molecular flexibility index (Phi) is 7.86. The van der Waals surface area contributed by atoms with Gasteiger partial charge in [0.15, 0.2) is 0 Å². The van der Waals surface area contributed by atoms with Gasteiger partial charge in [-0.1, -0.05) is 23.7 Å². The second kappa shape index (κ2) is 10.1. The molecule has 30 heavy (non-hydrogen) atoms. The van der Waals surface area contributed by atoms with Crippen LogP contribution in [0.1, 0.15) is 28.8 Å². The Bertz CT molecular complexity index is 1060. The minimum Gasteiger partial charge on any atom is -0.481 e. The summed E-state index contributed by atoms with van der Waals surface area (Å²) in [6.45, 7) is -0.0921. The highest BCUT2D eigenvalue weighted by molar-refractivity contribution is 7.89. The standard InChI is InChI=1S/C18H17ClFN3O6S/c19-14-9-13(5-6-15(14)20)30(28,29)21-10-11-1-3-12(4-2-11)18(27)23-22-16(24)7-8-17(25)26/h1-6,9,21H,7-8,10H2,(H,22,24)(H,23,27)(H,25,26). The molecular formula is C18H17ClFN3O6S. The Hall–Kier alpha value is -3.02. The van der Waals surface area contributed by atoms with Crippen LogP contribution in [0.25, 0.3) is 0 Å². The molecule has 160 valence electrons. The zero-order valence-electron chi connectivity index (χ0n) is 15.3. The second-order valence-electron chi connectivity index (χ2n) is 5.99. The molecule has 0 heterocycles. The summed E-state index contributed by atoms with van der Waals surface area (Å²) in [5.74, 6) is -3.16. The van der Waals surface area contributed by atoms with Gasteiger partial charge in [0.2, 0.25) is 15.9 Å². The molecule has 0 unspecified atom stereocenters. The average molecular weight is 458 g/mol. The third-order valence-electron chi connectivity index (χ3n) is 3.77. The highest BCUT2D eigenvalue weighted by Crippen LogP contribution is 2.19. The number of hydrogen-bond donors (Lipinski definition) is 4. The number of nitrogens with one attached hydrogen (secondary N) is 3. The number of sulfonamides is 1. The van der Waals surface area contributed by atoms with Crippen LogP contribution in [0.3, 0.4) is 0 Å². The van der Waals surface area contributed by atoms with E-state index in [0.717, 1.165) is 18.2 Å². The maximum Gasteiger partial charge on any atom is 0.303 e. The molecule has 9 nitrogen and oxygen atoms in total. The Morgan fingerprint density at radius 1 is 1.00 bits per heavy atom. The number of benzene rings is 2. The van der Waals surface area contributed by atoms with Gasteiger partial charge >= 0.3 is 5.97 Å². The highest BCUT2D eigenvalue weighted by atomic mass is 35.5. The molecule has 0 aliphatic carbocycles. The number of carbonyl (C=O) groups excluding carboxylic acids is 2. The summed E-state index contributed by atoms with van der Waals surface area (Å²) in [7, 11) is -3.92. The lowest BCUT2D eigenvalue weighted by Gasteiger charge is -2.09. The monoisotopic (exact) mass is 457 g/mol. The van der Waals surface area contributed by atoms with Crippen LogP contribution in [0.15, 0.2) is 47.4 Å². The van der Waals surface area contributed by atoms with E-state index < -0.39 is 33.6 Å². The summed E-state index contributed by atoms with van der Waals surface area (Å²) < 4.78 is 40.0. The number of carboxylic acids is 1. The predicted molar refractivity (Wildman–Crippen MR) is 104 cm³/mol. The van der Waals surface area contributed by atoms with Crippen LogP contribution in [0.5, 0.6) is 0 Å². The fourth-order valence-corrected chi connectivity index (χ4v) is 3.45. The fraction of sp³-hybridized carbons (Fsp3) is 0.167. The van der Waals surface area contributed by atoms with Crippen molar-refractivity contribution in [2.45, 2.75) is 24.3 Å². The van der Waals surface area contributed by atoms with Crippen LogP contribution in [0, 0.1) is 5.82 Å². The number of carbonyl (C=O) groups is 3. The number of carboxylic acid groups (broad SMARTS) is 1. The zero-order valence-corrected chi connectivity index (χ0v) is 16.9. The summed E-state index contributed by atoms with van der Waals surface area (Å²) in [6.07, 6.45) is -0.648. The molecular weight excluding hydrogens is 441 g/mol. The fourth-order valence-electron chi connectivity index (χ4n) is 2.16. The topological polar surface area (TPSA) is 142 Å². The first-order valence-electron chi connectivity index (χ1n) is 8.43. The van der Waals surface area contributed by atoms with E-state index in [4.69, 9.17) is 16.7 Å². The van der Waals surface area contributed by atoms with Gasteiger partial charge in [-0.2, -0.15) is 0 Å². The molecule has 0 fully saturated rings. The van der Waals surface area contributed by atoms with Crippen molar-refractivity contribution in [3.05, 3.63) is 64.4 Å². The normalized spacial score (nSPS) is 11.0. The number of halogens is 2. The van der Waals surface area contributed by atoms with Gasteiger partial charge in [0, 0.05) is 18.5 Å². The van der Waals surface area contributed by atoms with E-state index in [9.17, 15) is 27.2 Å². The molecule has 2 aromatic rings. The maximum absolute atomic E-state index is 13.2. The van der Waals surface area contributed by atoms with Crippen LogP contribution >= 0.6 is 11.6 Å². The van der Waals surface area contributed by atoms with Gasteiger partial charge in [-0.3, -0.25) is 25.2 Å². The van der Waals surface area contributed by atoms with Crippen molar-refractivity contribution >= 4 is 39.4 Å². The smallest absolute Gasteiger partial charge is 0.303 e. The Morgan fingerprint density at radius 3 is 2.27 bits per heavy atom. The van der Waals surface area contributed by atoms with Gasteiger partial charge in [0.1, 0.15) is 5.82 Å². The van der Waals surface area contributed by atoms with E-state index in [1.54, 1.807) is 0 Å². The predicted octanol–water partition coefficient (Wildman–Crippen LogP) is 1.58. The molecule has 12 heteroatoms. The lowest BCUT2D eigenvalue weighted by Crippen LogP contribution is -2.41. The maximum atomic E-state index is 13.2. The summed E-state index contributed by atoms with van der Waals surface area (Å²) in [4.78, 5) is 33.6. The molecule has 0 saturated heterocycles. The minimum absolute atomic E-state index is 0.0921. The quantitative estimate of drug-likeness (QED) is 0.443. The number of hydrogen-bond acceptors (Lipinski definition) is 5. The number of aliphatic carboxylic acids is 1. The van der Waals surface area contributed by atoms with E-state index >= 15 is 0 Å². The van der Waals surface area contributed by atoms with Crippen molar-refractivity contribution in [2.75, 3.05) is 0 Å². The largest absolute Gasteiger partial charge is 0.481 e. The molecule has 0 aliphatic rings. The van der Waals surface area contributed by atoms with Gasteiger partial charge in [-0.05, 0) is 35.9 Å². The first-order valence-corrected chi connectivity index (χ1v) is 10.3. The summed E-state index contributed by atoms with van der Waals surface area (Å²) in [5, 5.41) is 8.18. The molecule has 4 N–H and O–H groups in total. The molecule has 2 rings (SSSR count). The molecule has 2 amide bonds. The van der Waals surface area contributed by atoms with Crippen molar-refractivity contribution in [1.29, 1.82) is 0 Å². The number of hydrazine groups is 1. The van der Waals surface area contributed by atoms with Crippen molar-refractivity contribution in [3.8, 4) is 0 Å². The van der Waals surface area contributed by atoms with Gasteiger partial charge in [-0.15, -0.1) is 0 Å². The van der Waals surface area contributed by atoms with Crippen LogP contribution in [0.2, 0.25) is 5.02 Å². The lowest BCUT2D eigenvalue weighted by molar-refractivity contribution is -0.138.